The van der Waals surface area contributed by atoms with E-state index in [0.717, 1.165) is 30.7 Å². The van der Waals surface area contributed by atoms with Crippen LogP contribution in [-0.4, -0.2) is 28.9 Å². The number of amides is 1. The van der Waals surface area contributed by atoms with Crippen molar-refractivity contribution in [1.29, 1.82) is 0 Å². The Balaban J connectivity index is 1.47. The second-order valence-electron chi connectivity index (χ2n) is 8.67. The molecule has 5 nitrogen and oxygen atoms in total. The molecule has 1 fully saturated rings. The average molecular weight is 404 g/mol. The van der Waals surface area contributed by atoms with Crippen LogP contribution in [0.25, 0.3) is 10.9 Å². The van der Waals surface area contributed by atoms with Crippen molar-refractivity contribution >= 4 is 16.8 Å². The quantitative estimate of drug-likeness (QED) is 0.678. The van der Waals surface area contributed by atoms with Gasteiger partial charge in [-0.25, -0.2) is 0 Å². The maximum Gasteiger partial charge on any atom is 0.257 e. The molecule has 5 heteroatoms. The summed E-state index contributed by atoms with van der Waals surface area (Å²) >= 11 is 0. The molecule has 30 heavy (non-hydrogen) atoms. The van der Waals surface area contributed by atoms with Crippen LogP contribution in [0.2, 0.25) is 0 Å². The van der Waals surface area contributed by atoms with Crippen LogP contribution in [0.4, 0.5) is 0 Å². The Labute approximate surface area is 177 Å². The number of aromatic nitrogens is 1. The first-order valence-corrected chi connectivity index (χ1v) is 10.7. The third kappa shape index (κ3) is 4.46. The van der Waals surface area contributed by atoms with Gasteiger partial charge in [0.1, 0.15) is 5.56 Å². The molecule has 0 bridgehead atoms. The first-order valence-electron chi connectivity index (χ1n) is 10.7. The lowest BCUT2D eigenvalue weighted by Gasteiger charge is -2.35. The molecule has 1 aliphatic rings. The third-order valence-electron chi connectivity index (χ3n) is 5.93. The molecule has 4 rings (SSSR count). The number of hydrogen-bond donors (Lipinski definition) is 2. The summed E-state index contributed by atoms with van der Waals surface area (Å²) in [6.07, 6.45) is 2.79. The molecule has 2 unspecified atom stereocenters. The highest BCUT2D eigenvalue weighted by atomic mass is 16.2. The lowest BCUT2D eigenvalue weighted by molar-refractivity contribution is 0.0949. The Kier molecular flexibility index (Phi) is 6.00. The van der Waals surface area contributed by atoms with Gasteiger partial charge < -0.3 is 10.3 Å². The summed E-state index contributed by atoms with van der Waals surface area (Å²) < 4.78 is 0. The minimum absolute atomic E-state index is 0.143. The molecule has 2 N–H and O–H groups in total. The van der Waals surface area contributed by atoms with E-state index >= 15 is 0 Å². The molecular formula is C25H29N3O2. The number of nitrogens with zero attached hydrogens (tertiary/aromatic N) is 1. The number of hydrogen-bond acceptors (Lipinski definition) is 3. The Morgan fingerprint density at radius 2 is 1.70 bits per heavy atom. The van der Waals surface area contributed by atoms with Crippen LogP contribution in [0.15, 0.2) is 59.5 Å². The number of aromatic amines is 1. The third-order valence-corrected chi connectivity index (χ3v) is 5.93. The van der Waals surface area contributed by atoms with Crippen LogP contribution in [0.1, 0.15) is 41.8 Å². The summed E-state index contributed by atoms with van der Waals surface area (Å²) in [5, 5.41) is 3.47. The van der Waals surface area contributed by atoms with Gasteiger partial charge in [0.25, 0.3) is 5.91 Å². The van der Waals surface area contributed by atoms with Crippen molar-refractivity contribution in [3.05, 3.63) is 81.6 Å². The Morgan fingerprint density at radius 1 is 1.03 bits per heavy atom. The number of H-pyrrole nitrogens is 1. The SMILES string of the molecule is CC1CC(C)CN(Cc2ccccc2CNC(=O)c2c[nH]c3ccccc3c2=O)C1. The highest BCUT2D eigenvalue weighted by molar-refractivity contribution is 5.97. The molecular weight excluding hydrogens is 374 g/mol. The predicted molar refractivity (Wildman–Crippen MR) is 120 cm³/mol. The van der Waals surface area contributed by atoms with Gasteiger partial charge in [-0.15, -0.1) is 0 Å². The summed E-state index contributed by atoms with van der Waals surface area (Å²) in [4.78, 5) is 31.0. The number of pyridine rings is 1. The number of carbonyl (C=O) groups is 1. The van der Waals surface area contributed by atoms with E-state index in [4.69, 9.17) is 0 Å². The molecule has 3 aromatic rings. The minimum Gasteiger partial charge on any atom is -0.360 e. The van der Waals surface area contributed by atoms with Crippen LogP contribution in [0, 0.1) is 11.8 Å². The van der Waals surface area contributed by atoms with Crippen molar-refractivity contribution in [1.82, 2.24) is 15.2 Å². The number of rotatable bonds is 5. The van der Waals surface area contributed by atoms with Crippen molar-refractivity contribution in [2.45, 2.75) is 33.4 Å². The Morgan fingerprint density at radius 3 is 2.47 bits per heavy atom. The monoisotopic (exact) mass is 403 g/mol. The van der Waals surface area contributed by atoms with Gasteiger partial charge in [0.15, 0.2) is 0 Å². The van der Waals surface area contributed by atoms with Crippen molar-refractivity contribution in [2.75, 3.05) is 13.1 Å². The van der Waals surface area contributed by atoms with E-state index in [1.807, 2.05) is 24.3 Å². The predicted octanol–water partition coefficient (Wildman–Crippen LogP) is 3.94. The van der Waals surface area contributed by atoms with Crippen LogP contribution in [0.5, 0.6) is 0 Å². The number of para-hydroxylation sites is 1. The van der Waals surface area contributed by atoms with E-state index in [1.54, 1.807) is 12.1 Å². The molecule has 0 aliphatic carbocycles. The molecule has 156 valence electrons. The van der Waals surface area contributed by atoms with Gasteiger partial charge in [0, 0.05) is 43.3 Å². The standard InChI is InChI=1S/C25H29N3O2/c1-17-11-18(2)15-28(14-17)16-20-8-4-3-7-19(20)12-27-25(30)22-13-26-23-10-6-5-9-21(23)24(22)29/h3-10,13,17-18H,11-12,14-16H2,1-2H3,(H,26,29)(H,27,30). The topological polar surface area (TPSA) is 65.2 Å². The molecule has 1 amide bonds. The average Bonchev–Trinajstić information content (AvgIpc) is 2.72. The van der Waals surface area contributed by atoms with Crippen LogP contribution < -0.4 is 10.7 Å². The zero-order chi connectivity index (χ0) is 21.1. The largest absolute Gasteiger partial charge is 0.360 e. The molecule has 0 saturated carbocycles. The number of piperidine rings is 1. The summed E-state index contributed by atoms with van der Waals surface area (Å²) in [7, 11) is 0. The van der Waals surface area contributed by atoms with E-state index in [9.17, 15) is 9.59 Å². The number of carbonyl (C=O) groups excluding carboxylic acids is 1. The molecule has 2 aromatic carbocycles. The van der Waals surface area contributed by atoms with Crippen molar-refractivity contribution in [2.24, 2.45) is 11.8 Å². The lowest BCUT2D eigenvalue weighted by Crippen LogP contribution is -2.38. The van der Waals surface area contributed by atoms with Crippen molar-refractivity contribution in [3.8, 4) is 0 Å². The Hall–Kier alpha value is -2.92. The van der Waals surface area contributed by atoms with Crippen LogP contribution in [0.3, 0.4) is 0 Å². The number of nitrogens with one attached hydrogen (secondary N) is 2. The molecule has 0 radical (unpaired) electrons. The van der Waals surface area contributed by atoms with Gasteiger partial charge in [0.2, 0.25) is 5.43 Å². The summed E-state index contributed by atoms with van der Waals surface area (Å²) in [5.41, 5.74) is 2.95. The first kappa shape index (κ1) is 20.4. The summed E-state index contributed by atoms with van der Waals surface area (Å²) in [5.74, 6) is 1.07. The number of likely N-dealkylation sites (tertiary alicyclic amines) is 1. The highest BCUT2D eigenvalue weighted by Crippen LogP contribution is 2.23. The zero-order valence-corrected chi connectivity index (χ0v) is 17.7. The van der Waals surface area contributed by atoms with E-state index in [1.165, 1.54) is 18.2 Å². The normalized spacial score (nSPS) is 19.7. The molecule has 1 aromatic heterocycles. The van der Waals surface area contributed by atoms with Gasteiger partial charge in [-0.3, -0.25) is 14.5 Å². The van der Waals surface area contributed by atoms with Gasteiger partial charge in [0.05, 0.1) is 0 Å². The fourth-order valence-electron chi connectivity index (χ4n) is 4.65. The maximum atomic E-state index is 12.7. The Bertz CT molecular complexity index is 1090. The van der Waals surface area contributed by atoms with Crippen LogP contribution >= 0.6 is 0 Å². The summed E-state index contributed by atoms with van der Waals surface area (Å²) in [6, 6.07) is 15.5. The molecule has 1 saturated heterocycles. The van der Waals surface area contributed by atoms with E-state index in [0.29, 0.717) is 23.8 Å². The van der Waals surface area contributed by atoms with E-state index in [-0.39, 0.29) is 16.9 Å². The first-order chi connectivity index (χ1) is 14.5. The number of fused-ring (bicyclic) bond motifs is 1. The van der Waals surface area contributed by atoms with Crippen molar-refractivity contribution < 1.29 is 4.79 Å². The van der Waals surface area contributed by atoms with Gasteiger partial charge >= 0.3 is 0 Å². The second kappa shape index (κ2) is 8.84. The smallest absolute Gasteiger partial charge is 0.257 e. The van der Waals surface area contributed by atoms with E-state index in [2.05, 4.69) is 41.2 Å². The zero-order valence-electron chi connectivity index (χ0n) is 17.7. The van der Waals surface area contributed by atoms with E-state index < -0.39 is 0 Å². The molecule has 0 spiro atoms. The fraction of sp³-hybridized carbons (Fsp3) is 0.360. The summed E-state index contributed by atoms with van der Waals surface area (Å²) in [6.45, 7) is 8.14. The molecule has 1 aliphatic heterocycles. The van der Waals surface area contributed by atoms with Crippen molar-refractivity contribution in [3.63, 3.8) is 0 Å². The van der Waals surface area contributed by atoms with Gasteiger partial charge in [-0.05, 0) is 41.5 Å². The number of benzene rings is 2. The fourth-order valence-corrected chi connectivity index (χ4v) is 4.65. The van der Waals surface area contributed by atoms with Crippen LogP contribution in [-0.2, 0) is 13.1 Å². The van der Waals surface area contributed by atoms with Gasteiger partial charge in [-0.1, -0.05) is 50.2 Å². The molecule has 2 heterocycles. The lowest BCUT2D eigenvalue weighted by atomic mass is 9.91. The van der Waals surface area contributed by atoms with Gasteiger partial charge in [-0.2, -0.15) is 0 Å². The maximum absolute atomic E-state index is 12.7. The minimum atomic E-state index is -0.350. The molecule has 2 atom stereocenters. The second-order valence-corrected chi connectivity index (χ2v) is 8.67. The highest BCUT2D eigenvalue weighted by Gasteiger charge is 2.22.